The van der Waals surface area contributed by atoms with E-state index in [2.05, 4.69) is 32.2 Å². The number of anilines is 1. The number of aliphatic imine (C=N–C) groups is 1. The highest BCUT2D eigenvalue weighted by Gasteiger charge is 2.22. The molecule has 3 aromatic carbocycles. The SMILES string of the molecule is CN1CCN(C(=O)c2ccc(N=C(c3ccccc3)c3c(O)[nH]c4cc(-c5cnc(NCC6CC6)nc5)ccc34)cc2)CC1. The molecule has 0 bridgehead atoms. The molecule has 44 heavy (non-hydrogen) atoms. The third-order valence-electron chi connectivity index (χ3n) is 8.44. The largest absolute Gasteiger partial charge is 0.494 e. The lowest BCUT2D eigenvalue weighted by molar-refractivity contribution is 0.0664. The Morgan fingerprint density at radius 1 is 0.932 bits per heavy atom. The number of aromatic nitrogens is 3. The number of nitrogens with one attached hydrogen (secondary N) is 2. The maximum atomic E-state index is 13.1. The fourth-order valence-corrected chi connectivity index (χ4v) is 5.59. The van der Waals surface area contributed by atoms with E-state index < -0.39 is 0 Å². The van der Waals surface area contributed by atoms with Crippen LogP contribution < -0.4 is 5.32 Å². The molecule has 0 spiro atoms. The standard InChI is InChI=1S/C35H35N7O2/c1-41-15-17-42(18-16-41)34(44)25-9-12-28(13-10-25)39-32(24-5-3-2-4-6-24)31-29-14-11-26(19-30(29)40-33(31)43)27-21-37-35(38-22-27)36-20-23-7-8-23/h2-6,9-14,19,21-23,40,43H,7-8,15-18,20H2,1H3,(H,36,37,38). The van der Waals surface area contributed by atoms with Gasteiger partial charge < -0.3 is 25.2 Å². The summed E-state index contributed by atoms with van der Waals surface area (Å²) in [5, 5.41) is 15.4. The van der Waals surface area contributed by atoms with Crippen LogP contribution in [-0.2, 0) is 0 Å². The molecule has 5 aromatic rings. The van der Waals surface area contributed by atoms with Crippen molar-refractivity contribution in [1.82, 2.24) is 24.8 Å². The van der Waals surface area contributed by atoms with Crippen LogP contribution >= 0.6 is 0 Å². The van der Waals surface area contributed by atoms with E-state index in [1.54, 1.807) is 0 Å². The highest BCUT2D eigenvalue weighted by atomic mass is 16.3. The van der Waals surface area contributed by atoms with Crippen molar-refractivity contribution in [2.75, 3.05) is 45.1 Å². The van der Waals surface area contributed by atoms with Crippen molar-refractivity contribution >= 4 is 34.2 Å². The molecule has 9 heteroatoms. The van der Waals surface area contributed by atoms with Crippen LogP contribution in [0.2, 0.25) is 0 Å². The van der Waals surface area contributed by atoms with Crippen LogP contribution in [0.5, 0.6) is 5.88 Å². The average Bonchev–Trinajstić information content (AvgIpc) is 3.84. The third kappa shape index (κ3) is 5.91. The zero-order chi connectivity index (χ0) is 30.0. The van der Waals surface area contributed by atoms with Gasteiger partial charge in [-0.15, -0.1) is 0 Å². The number of carbonyl (C=O) groups excluding carboxylic acids is 1. The van der Waals surface area contributed by atoms with Gasteiger partial charge in [-0.05, 0) is 61.7 Å². The highest BCUT2D eigenvalue weighted by Crippen LogP contribution is 2.34. The minimum Gasteiger partial charge on any atom is -0.494 e. The second-order valence-corrected chi connectivity index (χ2v) is 11.7. The maximum absolute atomic E-state index is 13.1. The van der Waals surface area contributed by atoms with E-state index in [0.29, 0.717) is 28.5 Å². The Labute approximate surface area is 256 Å². The van der Waals surface area contributed by atoms with Gasteiger partial charge in [0.25, 0.3) is 5.91 Å². The van der Waals surface area contributed by atoms with Crippen molar-refractivity contribution in [2.45, 2.75) is 12.8 Å². The second-order valence-electron chi connectivity index (χ2n) is 11.7. The highest BCUT2D eigenvalue weighted by molar-refractivity contribution is 6.22. The van der Waals surface area contributed by atoms with Gasteiger partial charge in [-0.1, -0.05) is 42.5 Å². The van der Waals surface area contributed by atoms with E-state index in [4.69, 9.17) is 4.99 Å². The molecule has 3 heterocycles. The molecule has 0 unspecified atom stereocenters. The maximum Gasteiger partial charge on any atom is 0.253 e. The number of amides is 1. The molecular formula is C35H35N7O2. The monoisotopic (exact) mass is 585 g/mol. The lowest BCUT2D eigenvalue weighted by Gasteiger charge is -2.32. The van der Waals surface area contributed by atoms with Gasteiger partial charge in [0.1, 0.15) is 0 Å². The summed E-state index contributed by atoms with van der Waals surface area (Å²) in [5.74, 6) is 1.46. The summed E-state index contributed by atoms with van der Waals surface area (Å²) in [5.41, 5.74) is 6.07. The number of aromatic hydroxyl groups is 1. The van der Waals surface area contributed by atoms with E-state index >= 15 is 0 Å². The van der Waals surface area contributed by atoms with Crippen molar-refractivity contribution in [1.29, 1.82) is 0 Å². The fraction of sp³-hybridized carbons (Fsp3) is 0.257. The summed E-state index contributed by atoms with van der Waals surface area (Å²) in [7, 11) is 2.07. The molecule has 2 fully saturated rings. The number of nitrogens with zero attached hydrogens (tertiary/aromatic N) is 5. The molecule has 1 saturated heterocycles. The minimum absolute atomic E-state index is 0.0385. The van der Waals surface area contributed by atoms with Crippen molar-refractivity contribution in [3.05, 3.63) is 102 Å². The Morgan fingerprint density at radius 2 is 1.66 bits per heavy atom. The number of likely N-dealkylation sites (N-methyl/N-ethyl adjacent to an activating group) is 1. The number of carbonyl (C=O) groups is 1. The molecule has 2 aliphatic rings. The van der Waals surface area contributed by atoms with Crippen molar-refractivity contribution in [2.24, 2.45) is 10.9 Å². The first-order valence-corrected chi connectivity index (χ1v) is 15.2. The number of hydrogen-bond donors (Lipinski definition) is 3. The van der Waals surface area contributed by atoms with E-state index in [1.807, 2.05) is 90.1 Å². The molecule has 2 aromatic heterocycles. The number of fused-ring (bicyclic) bond motifs is 1. The quantitative estimate of drug-likeness (QED) is 0.201. The Morgan fingerprint density at radius 3 is 2.36 bits per heavy atom. The smallest absolute Gasteiger partial charge is 0.253 e. The fourth-order valence-electron chi connectivity index (χ4n) is 5.59. The van der Waals surface area contributed by atoms with E-state index in [9.17, 15) is 9.90 Å². The van der Waals surface area contributed by atoms with Crippen molar-refractivity contribution < 1.29 is 9.90 Å². The molecular weight excluding hydrogens is 550 g/mol. The van der Waals surface area contributed by atoms with Crippen LogP contribution in [0.25, 0.3) is 22.0 Å². The third-order valence-corrected chi connectivity index (χ3v) is 8.44. The van der Waals surface area contributed by atoms with Crippen molar-refractivity contribution in [3.8, 4) is 17.0 Å². The molecule has 1 amide bonds. The molecule has 3 N–H and O–H groups in total. The van der Waals surface area contributed by atoms with Crippen molar-refractivity contribution in [3.63, 3.8) is 0 Å². The summed E-state index contributed by atoms with van der Waals surface area (Å²) in [4.78, 5) is 34.3. The topological polar surface area (TPSA) is 110 Å². The first kappa shape index (κ1) is 27.8. The van der Waals surface area contributed by atoms with Gasteiger partial charge >= 0.3 is 0 Å². The Kier molecular flexibility index (Phi) is 7.54. The lowest BCUT2D eigenvalue weighted by atomic mass is 9.99. The van der Waals surface area contributed by atoms with Gasteiger partial charge in [-0.2, -0.15) is 0 Å². The number of benzene rings is 3. The van der Waals surface area contributed by atoms with E-state index in [1.165, 1.54) is 12.8 Å². The number of rotatable bonds is 8. The van der Waals surface area contributed by atoms with Crippen LogP contribution in [-0.4, -0.2) is 81.2 Å². The van der Waals surface area contributed by atoms with Gasteiger partial charge in [-0.3, -0.25) is 4.79 Å². The summed E-state index contributed by atoms with van der Waals surface area (Å²) in [6, 6.07) is 23.2. The van der Waals surface area contributed by atoms with E-state index in [0.717, 1.165) is 66.2 Å². The molecule has 222 valence electrons. The normalized spacial score (nSPS) is 15.9. The molecule has 0 radical (unpaired) electrons. The second kappa shape index (κ2) is 11.9. The van der Waals surface area contributed by atoms with Crippen LogP contribution in [0, 0.1) is 5.92 Å². The molecule has 0 atom stereocenters. The molecule has 1 aliphatic carbocycles. The molecule has 1 aliphatic heterocycles. The van der Waals surface area contributed by atoms with Gasteiger partial charge in [0.2, 0.25) is 5.95 Å². The lowest BCUT2D eigenvalue weighted by Crippen LogP contribution is -2.47. The van der Waals surface area contributed by atoms with E-state index in [-0.39, 0.29) is 11.8 Å². The molecule has 7 rings (SSSR count). The Bertz CT molecular complexity index is 1800. The summed E-state index contributed by atoms with van der Waals surface area (Å²) in [6.07, 6.45) is 6.19. The Balaban J connectivity index is 1.19. The predicted molar refractivity (Wildman–Crippen MR) is 174 cm³/mol. The number of piperazine rings is 1. The number of aromatic amines is 1. The summed E-state index contributed by atoms with van der Waals surface area (Å²) in [6.45, 7) is 4.12. The molecule has 9 nitrogen and oxygen atoms in total. The van der Waals surface area contributed by atoms with Crippen LogP contribution in [0.3, 0.4) is 0 Å². The average molecular weight is 586 g/mol. The van der Waals surface area contributed by atoms with Crippen LogP contribution in [0.15, 0.2) is 90.2 Å². The van der Waals surface area contributed by atoms with Gasteiger partial charge in [0, 0.05) is 72.7 Å². The molecule has 1 saturated carbocycles. The van der Waals surface area contributed by atoms with Crippen LogP contribution in [0.4, 0.5) is 11.6 Å². The minimum atomic E-state index is 0.0385. The van der Waals surface area contributed by atoms with Crippen LogP contribution in [0.1, 0.15) is 34.3 Å². The number of hydrogen-bond acceptors (Lipinski definition) is 7. The summed E-state index contributed by atoms with van der Waals surface area (Å²) < 4.78 is 0. The summed E-state index contributed by atoms with van der Waals surface area (Å²) >= 11 is 0. The van der Waals surface area contributed by atoms with Gasteiger partial charge in [-0.25, -0.2) is 15.0 Å². The predicted octanol–water partition coefficient (Wildman–Crippen LogP) is 5.71. The Hall–Kier alpha value is -5.02. The first-order chi connectivity index (χ1) is 21.5. The number of H-pyrrole nitrogens is 1. The first-order valence-electron chi connectivity index (χ1n) is 15.2. The van der Waals surface area contributed by atoms with Gasteiger partial charge in [0.15, 0.2) is 5.88 Å². The van der Waals surface area contributed by atoms with Gasteiger partial charge in [0.05, 0.1) is 17.0 Å². The zero-order valence-electron chi connectivity index (χ0n) is 24.7. The zero-order valence-corrected chi connectivity index (χ0v) is 24.7.